The Balaban J connectivity index is 2.56. The SMILES string of the molecule is CCN(CC(=O)NC(C)C)C(=O)COc1ccc(Cl)cc1Br. The highest BCUT2D eigenvalue weighted by atomic mass is 79.9. The number of nitrogens with zero attached hydrogens (tertiary/aromatic N) is 1. The van der Waals surface area contributed by atoms with Gasteiger partial charge in [0, 0.05) is 17.6 Å². The number of carbonyl (C=O) groups excluding carboxylic acids is 2. The van der Waals surface area contributed by atoms with E-state index in [1.54, 1.807) is 18.2 Å². The number of hydrogen-bond donors (Lipinski definition) is 1. The molecule has 22 heavy (non-hydrogen) atoms. The molecule has 122 valence electrons. The zero-order valence-corrected chi connectivity index (χ0v) is 15.2. The van der Waals surface area contributed by atoms with Crippen LogP contribution in [0, 0.1) is 0 Å². The minimum absolute atomic E-state index is 0.0264. The van der Waals surface area contributed by atoms with Crippen molar-refractivity contribution in [1.29, 1.82) is 0 Å². The van der Waals surface area contributed by atoms with E-state index in [4.69, 9.17) is 16.3 Å². The predicted molar refractivity (Wildman–Crippen MR) is 90.2 cm³/mol. The molecular weight excluding hydrogens is 372 g/mol. The molecule has 0 bridgehead atoms. The van der Waals surface area contributed by atoms with Gasteiger partial charge in [0.15, 0.2) is 6.61 Å². The van der Waals surface area contributed by atoms with E-state index in [9.17, 15) is 9.59 Å². The van der Waals surface area contributed by atoms with E-state index < -0.39 is 0 Å². The first kappa shape index (κ1) is 18.8. The maximum Gasteiger partial charge on any atom is 0.260 e. The highest BCUT2D eigenvalue weighted by Gasteiger charge is 2.17. The third-order valence-corrected chi connectivity index (χ3v) is 3.62. The zero-order valence-electron chi connectivity index (χ0n) is 12.9. The topological polar surface area (TPSA) is 58.6 Å². The zero-order chi connectivity index (χ0) is 16.7. The predicted octanol–water partition coefficient (Wildman–Crippen LogP) is 2.85. The fraction of sp³-hybridized carbons (Fsp3) is 0.467. The molecule has 0 atom stereocenters. The summed E-state index contributed by atoms with van der Waals surface area (Å²) in [5, 5.41) is 3.33. The Morgan fingerprint density at radius 1 is 1.41 bits per heavy atom. The Morgan fingerprint density at radius 3 is 2.64 bits per heavy atom. The fourth-order valence-electron chi connectivity index (χ4n) is 1.74. The average Bonchev–Trinajstić information content (AvgIpc) is 2.42. The maximum absolute atomic E-state index is 12.1. The summed E-state index contributed by atoms with van der Waals surface area (Å²) in [5.74, 6) is 0.0987. The van der Waals surface area contributed by atoms with Crippen LogP contribution in [0.3, 0.4) is 0 Å². The smallest absolute Gasteiger partial charge is 0.260 e. The van der Waals surface area contributed by atoms with Crippen LogP contribution in [0.1, 0.15) is 20.8 Å². The van der Waals surface area contributed by atoms with Gasteiger partial charge < -0.3 is 15.0 Å². The number of ether oxygens (including phenoxy) is 1. The van der Waals surface area contributed by atoms with Crippen LogP contribution in [0.15, 0.2) is 22.7 Å². The minimum Gasteiger partial charge on any atom is -0.483 e. The quantitative estimate of drug-likeness (QED) is 0.777. The number of rotatable bonds is 7. The molecular formula is C15H20BrClN2O3. The van der Waals surface area contributed by atoms with Crippen molar-refractivity contribution in [2.75, 3.05) is 19.7 Å². The Kier molecular flexibility index (Phi) is 7.68. The summed E-state index contributed by atoms with van der Waals surface area (Å²) in [4.78, 5) is 25.3. The summed E-state index contributed by atoms with van der Waals surface area (Å²) in [5.41, 5.74) is 0. The molecule has 0 radical (unpaired) electrons. The average molecular weight is 392 g/mol. The largest absolute Gasteiger partial charge is 0.483 e. The van der Waals surface area contributed by atoms with Gasteiger partial charge in [-0.2, -0.15) is 0 Å². The lowest BCUT2D eigenvalue weighted by atomic mass is 10.3. The van der Waals surface area contributed by atoms with Crippen molar-refractivity contribution in [2.24, 2.45) is 0 Å². The van der Waals surface area contributed by atoms with Crippen LogP contribution in [0.5, 0.6) is 5.75 Å². The Hall–Kier alpha value is -1.27. The standard InChI is InChI=1S/C15H20BrClN2O3/c1-4-19(8-14(20)18-10(2)3)15(21)9-22-13-6-5-11(17)7-12(13)16/h5-7,10H,4,8-9H2,1-3H3,(H,18,20). The van der Waals surface area contributed by atoms with Gasteiger partial charge in [-0.25, -0.2) is 0 Å². The van der Waals surface area contributed by atoms with E-state index in [0.717, 1.165) is 0 Å². The lowest BCUT2D eigenvalue weighted by Gasteiger charge is -2.21. The van der Waals surface area contributed by atoms with Gasteiger partial charge in [0.2, 0.25) is 5.91 Å². The van der Waals surface area contributed by atoms with Gasteiger partial charge in [0.05, 0.1) is 11.0 Å². The third-order valence-electron chi connectivity index (χ3n) is 2.76. The number of benzene rings is 1. The highest BCUT2D eigenvalue weighted by Crippen LogP contribution is 2.27. The Morgan fingerprint density at radius 2 is 2.09 bits per heavy atom. The molecule has 0 aliphatic carbocycles. The molecule has 0 saturated heterocycles. The van der Waals surface area contributed by atoms with Crippen LogP contribution in [-0.4, -0.2) is 42.5 Å². The van der Waals surface area contributed by atoms with E-state index in [1.807, 2.05) is 20.8 Å². The van der Waals surface area contributed by atoms with Crippen molar-refractivity contribution in [3.8, 4) is 5.75 Å². The van der Waals surface area contributed by atoms with Crippen LogP contribution in [-0.2, 0) is 9.59 Å². The summed E-state index contributed by atoms with van der Waals surface area (Å²) in [6.07, 6.45) is 0. The van der Waals surface area contributed by atoms with Crippen LogP contribution >= 0.6 is 27.5 Å². The maximum atomic E-state index is 12.1. The van der Waals surface area contributed by atoms with Crippen LogP contribution in [0.4, 0.5) is 0 Å². The van der Waals surface area contributed by atoms with E-state index in [0.29, 0.717) is 21.8 Å². The monoisotopic (exact) mass is 390 g/mol. The molecule has 0 spiro atoms. The van der Waals surface area contributed by atoms with Crippen LogP contribution in [0.25, 0.3) is 0 Å². The first-order chi connectivity index (χ1) is 10.3. The summed E-state index contributed by atoms with van der Waals surface area (Å²) in [7, 11) is 0. The minimum atomic E-state index is -0.247. The molecule has 1 aromatic rings. The van der Waals surface area contributed by atoms with E-state index in [-0.39, 0.29) is 31.0 Å². The van der Waals surface area contributed by atoms with Gasteiger partial charge in [0.25, 0.3) is 5.91 Å². The number of hydrogen-bond acceptors (Lipinski definition) is 3. The second-order valence-corrected chi connectivity index (χ2v) is 6.28. The molecule has 0 fully saturated rings. The molecule has 0 aromatic heterocycles. The molecule has 1 aromatic carbocycles. The van der Waals surface area contributed by atoms with Crippen LogP contribution < -0.4 is 10.1 Å². The van der Waals surface area contributed by atoms with Gasteiger partial charge in [-0.3, -0.25) is 9.59 Å². The Labute approximate surface area is 144 Å². The molecule has 0 unspecified atom stereocenters. The highest BCUT2D eigenvalue weighted by molar-refractivity contribution is 9.10. The summed E-state index contributed by atoms with van der Waals surface area (Å²) in [6, 6.07) is 5.10. The van der Waals surface area contributed by atoms with Crippen LogP contribution in [0.2, 0.25) is 5.02 Å². The summed E-state index contributed by atoms with van der Waals surface area (Å²) in [6.45, 7) is 5.89. The van der Waals surface area contributed by atoms with Gasteiger partial charge in [-0.15, -0.1) is 0 Å². The van der Waals surface area contributed by atoms with E-state index in [1.165, 1.54) is 4.90 Å². The normalized spacial score (nSPS) is 10.5. The molecule has 1 N–H and O–H groups in total. The number of halogens is 2. The lowest BCUT2D eigenvalue weighted by molar-refractivity contribution is -0.137. The fourth-order valence-corrected chi connectivity index (χ4v) is 2.54. The number of carbonyl (C=O) groups is 2. The summed E-state index contributed by atoms with van der Waals surface area (Å²) >= 11 is 9.17. The van der Waals surface area contributed by atoms with Crippen molar-refractivity contribution < 1.29 is 14.3 Å². The number of likely N-dealkylation sites (N-methyl/N-ethyl adjacent to an activating group) is 1. The van der Waals surface area contributed by atoms with Crippen molar-refractivity contribution in [3.05, 3.63) is 27.7 Å². The summed E-state index contributed by atoms with van der Waals surface area (Å²) < 4.78 is 6.15. The van der Waals surface area contributed by atoms with E-state index in [2.05, 4.69) is 21.2 Å². The van der Waals surface area contributed by atoms with Gasteiger partial charge >= 0.3 is 0 Å². The second-order valence-electron chi connectivity index (χ2n) is 4.99. The second kappa shape index (κ2) is 9.00. The van der Waals surface area contributed by atoms with Crippen molar-refractivity contribution in [3.63, 3.8) is 0 Å². The van der Waals surface area contributed by atoms with Crippen molar-refractivity contribution in [2.45, 2.75) is 26.8 Å². The molecule has 0 saturated carbocycles. The molecule has 7 heteroatoms. The van der Waals surface area contributed by atoms with Crippen molar-refractivity contribution >= 4 is 39.3 Å². The number of amides is 2. The molecule has 5 nitrogen and oxygen atoms in total. The van der Waals surface area contributed by atoms with E-state index >= 15 is 0 Å². The molecule has 0 aliphatic heterocycles. The van der Waals surface area contributed by atoms with Gasteiger partial charge in [0.1, 0.15) is 5.75 Å². The molecule has 1 rings (SSSR count). The molecule has 0 aliphatic rings. The molecule has 2 amide bonds. The third kappa shape index (κ3) is 6.23. The number of nitrogens with one attached hydrogen (secondary N) is 1. The Bertz CT molecular complexity index is 538. The van der Waals surface area contributed by atoms with Gasteiger partial charge in [-0.1, -0.05) is 11.6 Å². The van der Waals surface area contributed by atoms with Crippen molar-refractivity contribution in [1.82, 2.24) is 10.2 Å². The first-order valence-electron chi connectivity index (χ1n) is 6.98. The molecule has 0 heterocycles. The lowest BCUT2D eigenvalue weighted by Crippen LogP contribution is -2.44. The first-order valence-corrected chi connectivity index (χ1v) is 8.15. The van der Waals surface area contributed by atoms with Gasteiger partial charge in [-0.05, 0) is 54.9 Å².